The van der Waals surface area contributed by atoms with E-state index >= 15 is 0 Å². The predicted molar refractivity (Wildman–Crippen MR) is 127 cm³/mol. The molecule has 11 heteroatoms. The van der Waals surface area contributed by atoms with E-state index in [0.29, 0.717) is 0 Å². The van der Waals surface area contributed by atoms with Crippen molar-refractivity contribution in [3.8, 4) is 0 Å². The van der Waals surface area contributed by atoms with Gasteiger partial charge in [-0.3, -0.25) is 9.59 Å². The number of hydrogen-bond donors (Lipinski definition) is 0. The Balaban J connectivity index is 2.58. The van der Waals surface area contributed by atoms with Crippen LogP contribution in [0.25, 0.3) is 0 Å². The summed E-state index contributed by atoms with van der Waals surface area (Å²) in [6.07, 6.45) is -6.10. The molecule has 0 spiro atoms. The van der Waals surface area contributed by atoms with Crippen LogP contribution in [-0.2, 0) is 38.1 Å². The smallest absolute Gasteiger partial charge is 0.339 e. The van der Waals surface area contributed by atoms with Gasteiger partial charge in [0.05, 0.1) is 17.3 Å². The fourth-order valence-corrected chi connectivity index (χ4v) is 6.18. The lowest BCUT2D eigenvalue weighted by Crippen LogP contribution is -2.65. The van der Waals surface area contributed by atoms with E-state index in [1.165, 1.54) is 37.6 Å². The normalized spacial score (nSPS) is 24.2. The molecular formula is C23H30O9S2. The third-order valence-electron chi connectivity index (χ3n) is 4.79. The Bertz CT molecular complexity index is 842. The topological polar surface area (TPSA) is 114 Å². The van der Waals surface area contributed by atoms with Gasteiger partial charge in [-0.2, -0.15) is 0 Å². The molecule has 1 aliphatic heterocycles. The molecule has 0 radical (unpaired) electrons. The van der Waals surface area contributed by atoms with Crippen molar-refractivity contribution < 1.29 is 42.9 Å². The van der Waals surface area contributed by atoms with Crippen LogP contribution in [0.1, 0.15) is 38.1 Å². The molecule has 0 unspecified atom stereocenters. The molecule has 9 nitrogen and oxygen atoms in total. The van der Waals surface area contributed by atoms with Crippen molar-refractivity contribution in [2.75, 3.05) is 18.6 Å². The third-order valence-corrected chi connectivity index (χ3v) is 7.47. The predicted octanol–water partition coefficient (Wildman–Crippen LogP) is 2.85. The van der Waals surface area contributed by atoms with E-state index in [9.17, 15) is 19.2 Å². The van der Waals surface area contributed by atoms with E-state index < -0.39 is 54.4 Å². The second kappa shape index (κ2) is 13.6. The lowest BCUT2D eigenvalue weighted by atomic mass is 9.94. The summed E-state index contributed by atoms with van der Waals surface area (Å²) in [6.45, 7) is 6.29. The van der Waals surface area contributed by atoms with Gasteiger partial charge >= 0.3 is 23.9 Å². The van der Waals surface area contributed by atoms with Gasteiger partial charge in [-0.25, -0.2) is 9.59 Å². The first-order chi connectivity index (χ1) is 16.2. The van der Waals surface area contributed by atoms with Crippen molar-refractivity contribution >= 4 is 47.4 Å². The highest BCUT2D eigenvalue weighted by Crippen LogP contribution is 2.38. The summed E-state index contributed by atoms with van der Waals surface area (Å²) in [5.41, 5.74) is 0.241. The molecule has 0 saturated carbocycles. The number of carbonyl (C=O) groups excluding carboxylic acids is 4. The van der Waals surface area contributed by atoms with Crippen LogP contribution in [0.3, 0.4) is 0 Å². The molecule has 1 aromatic carbocycles. The van der Waals surface area contributed by atoms with E-state index in [4.69, 9.17) is 23.7 Å². The molecule has 0 bridgehead atoms. The summed E-state index contributed by atoms with van der Waals surface area (Å²) >= 11 is 3.08. The lowest BCUT2D eigenvalue weighted by Gasteiger charge is -2.45. The van der Waals surface area contributed by atoms with Gasteiger partial charge in [0.2, 0.25) is 0 Å². The van der Waals surface area contributed by atoms with Crippen LogP contribution < -0.4 is 0 Å². The molecule has 0 amide bonds. The van der Waals surface area contributed by atoms with Crippen molar-refractivity contribution in [2.45, 2.75) is 62.8 Å². The first-order valence-corrected chi connectivity index (χ1v) is 12.9. The molecule has 1 aliphatic rings. The van der Waals surface area contributed by atoms with Gasteiger partial charge in [-0.15, -0.1) is 23.5 Å². The van der Waals surface area contributed by atoms with Gasteiger partial charge in [0.15, 0.2) is 24.4 Å². The van der Waals surface area contributed by atoms with Crippen LogP contribution in [0.15, 0.2) is 30.3 Å². The number of rotatable bonds is 10. The molecule has 0 N–H and O–H groups in total. The van der Waals surface area contributed by atoms with Crippen LogP contribution in [0.5, 0.6) is 0 Å². The van der Waals surface area contributed by atoms with Gasteiger partial charge in [0.1, 0.15) is 6.10 Å². The zero-order valence-corrected chi connectivity index (χ0v) is 21.4. The number of methoxy groups -OCH3 is 1. The molecule has 0 aromatic heterocycles. The molecule has 188 valence electrons. The molecule has 34 heavy (non-hydrogen) atoms. The Hall–Kier alpha value is -2.24. The van der Waals surface area contributed by atoms with Gasteiger partial charge in [-0.05, 0) is 23.6 Å². The first kappa shape index (κ1) is 28.0. The second-order valence-corrected chi connectivity index (χ2v) is 10.3. The third kappa shape index (κ3) is 7.38. The van der Waals surface area contributed by atoms with Crippen molar-refractivity contribution in [1.29, 1.82) is 0 Å². The number of thioether (sulfide) groups is 2. The van der Waals surface area contributed by atoms with Crippen molar-refractivity contribution in [1.82, 2.24) is 0 Å². The summed E-state index contributed by atoms with van der Waals surface area (Å²) in [7, 11) is 1.17. The largest absolute Gasteiger partial charge is 0.467 e. The summed E-state index contributed by atoms with van der Waals surface area (Å²) in [4.78, 5) is 49.7. The SMILES string of the molecule is CCSC(SCC)[C@H]1O[C@@H](C(=O)OC)[C@H](OC(C)=O)[C@@H](OC(=O)c2ccccc2)[C@H]1OC(C)=O. The summed E-state index contributed by atoms with van der Waals surface area (Å²) < 4.78 is 27.4. The Morgan fingerprint density at radius 1 is 0.882 bits per heavy atom. The quantitative estimate of drug-likeness (QED) is 0.261. The number of esters is 4. The minimum absolute atomic E-state index is 0.241. The zero-order chi connectivity index (χ0) is 25.3. The molecule has 0 aliphatic carbocycles. The molecule has 5 atom stereocenters. The number of carbonyl (C=O) groups is 4. The van der Waals surface area contributed by atoms with E-state index in [0.717, 1.165) is 18.4 Å². The molecule has 1 aromatic rings. The van der Waals surface area contributed by atoms with Gasteiger partial charge in [0.25, 0.3) is 0 Å². The van der Waals surface area contributed by atoms with Gasteiger partial charge in [0, 0.05) is 13.8 Å². The molecule has 1 saturated heterocycles. The summed E-state index contributed by atoms with van der Waals surface area (Å²) in [6, 6.07) is 8.19. The van der Waals surface area contributed by atoms with Crippen LogP contribution in [0, 0.1) is 0 Å². The van der Waals surface area contributed by atoms with Crippen LogP contribution >= 0.6 is 23.5 Å². The Labute approximate surface area is 207 Å². The number of ether oxygens (including phenoxy) is 5. The van der Waals surface area contributed by atoms with Crippen molar-refractivity contribution in [3.63, 3.8) is 0 Å². The average molecular weight is 515 g/mol. The maximum atomic E-state index is 13.0. The fourth-order valence-electron chi connectivity index (χ4n) is 3.51. The van der Waals surface area contributed by atoms with E-state index in [2.05, 4.69) is 0 Å². The minimum atomic E-state index is -1.39. The van der Waals surface area contributed by atoms with Crippen molar-refractivity contribution in [3.05, 3.63) is 35.9 Å². The summed E-state index contributed by atoms with van der Waals surface area (Å²) in [5, 5.41) is 0. The lowest BCUT2D eigenvalue weighted by molar-refractivity contribution is -0.239. The highest BCUT2D eigenvalue weighted by Gasteiger charge is 2.56. The van der Waals surface area contributed by atoms with E-state index in [1.54, 1.807) is 30.3 Å². The monoisotopic (exact) mass is 514 g/mol. The summed E-state index contributed by atoms with van der Waals surface area (Å²) in [5.74, 6) is -1.47. The fraction of sp³-hybridized carbons (Fsp3) is 0.565. The van der Waals surface area contributed by atoms with Crippen LogP contribution in [-0.4, -0.2) is 77.6 Å². The van der Waals surface area contributed by atoms with Crippen molar-refractivity contribution in [2.24, 2.45) is 0 Å². The molecule has 2 rings (SSSR count). The average Bonchev–Trinajstić information content (AvgIpc) is 2.80. The van der Waals surface area contributed by atoms with Gasteiger partial charge in [-0.1, -0.05) is 32.0 Å². The maximum absolute atomic E-state index is 13.0. The Morgan fingerprint density at radius 3 is 1.94 bits per heavy atom. The maximum Gasteiger partial charge on any atom is 0.339 e. The Morgan fingerprint density at radius 2 is 1.44 bits per heavy atom. The minimum Gasteiger partial charge on any atom is -0.467 e. The van der Waals surface area contributed by atoms with E-state index in [-0.39, 0.29) is 10.1 Å². The molecule has 1 heterocycles. The number of benzene rings is 1. The molecular weight excluding hydrogens is 484 g/mol. The highest BCUT2D eigenvalue weighted by molar-refractivity contribution is 8.17. The van der Waals surface area contributed by atoms with E-state index in [1.807, 2.05) is 13.8 Å². The highest BCUT2D eigenvalue weighted by atomic mass is 32.2. The Kier molecular flexibility index (Phi) is 11.2. The first-order valence-electron chi connectivity index (χ1n) is 10.8. The second-order valence-electron chi connectivity index (χ2n) is 7.21. The number of hydrogen-bond acceptors (Lipinski definition) is 11. The van der Waals surface area contributed by atoms with Crippen LogP contribution in [0.2, 0.25) is 0 Å². The zero-order valence-electron chi connectivity index (χ0n) is 19.8. The molecule has 1 fully saturated rings. The van der Waals surface area contributed by atoms with Crippen LogP contribution in [0.4, 0.5) is 0 Å². The van der Waals surface area contributed by atoms with Gasteiger partial charge < -0.3 is 23.7 Å². The standard InChI is InChI=1S/C23H30O9S2/c1-6-33-23(34-7-2)20-18(30-14(4)25)16(32-21(26)15-11-9-8-10-12-15)17(29-13(3)24)19(31-20)22(27)28-5/h8-12,16-20,23H,6-7H2,1-5H3/t16-,17-,18-,19-,20+/m1/s1.